The van der Waals surface area contributed by atoms with E-state index in [1.54, 1.807) is 11.9 Å². The first-order valence-corrected chi connectivity index (χ1v) is 12.7. The number of amides is 1. The standard InChI is InChI=1S/C21H34N4O3.C3H8.C2H6/c1-6-17(22-3)18(25(4)20(26)27-5)13-28-16-7-8-21(10-15(21)9-16)19-23-11-14(2)12-24-19;1-3-2;1-2/h11-12,15-18,22H,6-10,13H2,1-5H3;3H2,1-2H3;1-2H3. The van der Waals surface area contributed by atoms with Gasteiger partial charge in [0.25, 0.3) is 0 Å². The summed E-state index contributed by atoms with van der Waals surface area (Å²) in [4.78, 5) is 22.9. The summed E-state index contributed by atoms with van der Waals surface area (Å²) in [6, 6.07) is 0.0995. The highest BCUT2D eigenvalue weighted by Crippen LogP contribution is 2.61. The van der Waals surface area contributed by atoms with E-state index in [9.17, 15) is 4.79 Å². The van der Waals surface area contributed by atoms with E-state index >= 15 is 0 Å². The largest absolute Gasteiger partial charge is 0.453 e. The van der Waals surface area contributed by atoms with Crippen LogP contribution in [0.5, 0.6) is 0 Å². The van der Waals surface area contributed by atoms with Crippen LogP contribution in [0.15, 0.2) is 12.4 Å². The second-order valence-electron chi connectivity index (χ2n) is 9.03. The molecule has 7 heteroatoms. The number of hydrogen-bond donors (Lipinski definition) is 1. The quantitative estimate of drug-likeness (QED) is 0.575. The number of ether oxygens (including phenoxy) is 2. The van der Waals surface area contributed by atoms with Gasteiger partial charge in [-0.1, -0.05) is 41.0 Å². The molecule has 0 bridgehead atoms. The fraction of sp³-hybridized carbons (Fsp3) is 0.808. The molecule has 2 fully saturated rings. The Hall–Kier alpha value is -1.73. The maximum absolute atomic E-state index is 12.0. The fourth-order valence-electron chi connectivity index (χ4n) is 4.72. The molecule has 2 saturated carbocycles. The lowest BCUT2D eigenvalue weighted by atomic mass is 9.86. The number of methoxy groups -OCH3 is 1. The zero-order valence-corrected chi connectivity index (χ0v) is 22.5. The summed E-state index contributed by atoms with van der Waals surface area (Å²) in [6.07, 6.45) is 10.2. The average molecular weight is 465 g/mol. The summed E-state index contributed by atoms with van der Waals surface area (Å²) in [5, 5.41) is 3.30. The Bertz CT molecular complexity index is 681. The summed E-state index contributed by atoms with van der Waals surface area (Å²) in [6.45, 7) is 12.9. The van der Waals surface area contributed by atoms with Gasteiger partial charge in [0.05, 0.1) is 25.9 Å². The lowest BCUT2D eigenvalue weighted by molar-refractivity contribution is -0.0150. The summed E-state index contributed by atoms with van der Waals surface area (Å²) in [5.74, 6) is 1.61. The average Bonchev–Trinajstić information content (AvgIpc) is 3.58. The molecule has 2 aliphatic rings. The third-order valence-corrected chi connectivity index (χ3v) is 6.66. The normalized spacial score (nSPS) is 24.6. The number of nitrogens with zero attached hydrogens (tertiary/aromatic N) is 3. The number of likely N-dealkylation sites (N-methyl/N-ethyl adjacent to an activating group) is 2. The zero-order chi connectivity index (χ0) is 25.0. The molecule has 3 rings (SSSR count). The van der Waals surface area contributed by atoms with Gasteiger partial charge in [0.1, 0.15) is 5.82 Å². The van der Waals surface area contributed by atoms with Crippen molar-refractivity contribution in [1.29, 1.82) is 0 Å². The lowest BCUT2D eigenvalue weighted by Gasteiger charge is -2.35. The molecule has 0 saturated heterocycles. The molecule has 1 amide bonds. The molecule has 0 aliphatic heterocycles. The first kappa shape index (κ1) is 29.3. The highest BCUT2D eigenvalue weighted by Gasteiger charge is 2.59. The number of aryl methyl sites for hydroxylation is 1. The Morgan fingerprint density at radius 1 is 1.27 bits per heavy atom. The number of aromatic nitrogens is 2. The van der Waals surface area contributed by atoms with Crippen molar-refractivity contribution in [2.24, 2.45) is 5.92 Å². The van der Waals surface area contributed by atoms with Crippen LogP contribution in [0.1, 0.15) is 84.5 Å². The second-order valence-corrected chi connectivity index (χ2v) is 9.03. The SMILES string of the molecule is CC.CCC.CCC(NC)C(COC1CCC2(c3ncc(C)cn3)CC2C1)N(C)C(=O)OC. The van der Waals surface area contributed by atoms with Crippen molar-refractivity contribution in [2.75, 3.05) is 27.8 Å². The summed E-state index contributed by atoms with van der Waals surface area (Å²) in [5.41, 5.74) is 1.28. The van der Waals surface area contributed by atoms with Crippen LogP contribution in [0.2, 0.25) is 0 Å². The molecule has 1 N–H and O–H groups in total. The van der Waals surface area contributed by atoms with Gasteiger partial charge in [0.2, 0.25) is 0 Å². The topological polar surface area (TPSA) is 76.6 Å². The van der Waals surface area contributed by atoms with Gasteiger partial charge in [-0.15, -0.1) is 0 Å². The van der Waals surface area contributed by atoms with Gasteiger partial charge in [0, 0.05) is 30.9 Å². The van der Waals surface area contributed by atoms with Crippen LogP contribution in [0.25, 0.3) is 0 Å². The van der Waals surface area contributed by atoms with E-state index in [1.807, 2.05) is 40.2 Å². The number of carbonyl (C=O) groups excluding carboxylic acids is 1. The van der Waals surface area contributed by atoms with E-state index in [1.165, 1.54) is 13.5 Å². The van der Waals surface area contributed by atoms with Crippen molar-refractivity contribution >= 4 is 6.09 Å². The second kappa shape index (κ2) is 14.5. The molecule has 5 unspecified atom stereocenters. The molecule has 0 radical (unpaired) electrons. The Morgan fingerprint density at radius 3 is 2.36 bits per heavy atom. The fourth-order valence-corrected chi connectivity index (χ4v) is 4.72. The van der Waals surface area contributed by atoms with E-state index in [4.69, 9.17) is 9.47 Å². The monoisotopic (exact) mass is 464 g/mol. The van der Waals surface area contributed by atoms with Crippen LogP contribution < -0.4 is 5.32 Å². The van der Waals surface area contributed by atoms with Crippen molar-refractivity contribution in [3.63, 3.8) is 0 Å². The predicted octanol–water partition coefficient (Wildman–Crippen LogP) is 5.12. The van der Waals surface area contributed by atoms with Crippen LogP contribution in [-0.4, -0.2) is 67.0 Å². The first-order valence-electron chi connectivity index (χ1n) is 12.7. The zero-order valence-electron chi connectivity index (χ0n) is 22.5. The van der Waals surface area contributed by atoms with Crippen molar-refractivity contribution in [3.05, 3.63) is 23.8 Å². The van der Waals surface area contributed by atoms with E-state index in [-0.39, 0.29) is 29.7 Å². The van der Waals surface area contributed by atoms with Gasteiger partial charge in [-0.05, 0) is 57.6 Å². The van der Waals surface area contributed by atoms with Crippen LogP contribution in [-0.2, 0) is 14.9 Å². The number of nitrogens with one attached hydrogen (secondary N) is 1. The minimum atomic E-state index is -0.330. The van der Waals surface area contributed by atoms with Crippen molar-refractivity contribution in [3.8, 4) is 0 Å². The Morgan fingerprint density at radius 2 is 1.88 bits per heavy atom. The van der Waals surface area contributed by atoms with E-state index in [0.717, 1.165) is 43.5 Å². The highest BCUT2D eigenvalue weighted by atomic mass is 16.5. The maximum Gasteiger partial charge on any atom is 0.409 e. The molecule has 2 aliphatic carbocycles. The van der Waals surface area contributed by atoms with Gasteiger partial charge in [-0.25, -0.2) is 14.8 Å². The van der Waals surface area contributed by atoms with Gasteiger partial charge < -0.3 is 19.7 Å². The van der Waals surface area contributed by atoms with Crippen molar-refractivity contribution < 1.29 is 14.3 Å². The molecule has 1 heterocycles. The predicted molar refractivity (Wildman–Crippen MR) is 135 cm³/mol. The molecule has 1 aromatic heterocycles. The maximum atomic E-state index is 12.0. The van der Waals surface area contributed by atoms with Gasteiger partial charge in [0.15, 0.2) is 0 Å². The number of rotatable bonds is 8. The van der Waals surface area contributed by atoms with Crippen molar-refractivity contribution in [2.45, 2.75) is 104 Å². The summed E-state index contributed by atoms with van der Waals surface area (Å²) < 4.78 is 11.2. The summed E-state index contributed by atoms with van der Waals surface area (Å²) >= 11 is 0. The summed E-state index contributed by atoms with van der Waals surface area (Å²) in [7, 11) is 5.12. The first-order chi connectivity index (χ1) is 15.9. The number of hydrogen-bond acceptors (Lipinski definition) is 6. The molecule has 1 aromatic rings. The van der Waals surface area contributed by atoms with E-state index < -0.39 is 0 Å². The Labute approximate surface area is 202 Å². The molecule has 0 spiro atoms. The Kier molecular flexibility index (Phi) is 12.9. The van der Waals surface area contributed by atoms with E-state index in [2.05, 4.69) is 36.1 Å². The molecule has 0 aromatic carbocycles. The molecule has 7 nitrogen and oxygen atoms in total. The number of carbonyl (C=O) groups is 1. The smallest absolute Gasteiger partial charge is 0.409 e. The minimum Gasteiger partial charge on any atom is -0.453 e. The molecule has 33 heavy (non-hydrogen) atoms. The van der Waals surface area contributed by atoms with Crippen LogP contribution >= 0.6 is 0 Å². The third-order valence-electron chi connectivity index (χ3n) is 6.66. The number of fused-ring (bicyclic) bond motifs is 1. The van der Waals surface area contributed by atoms with Gasteiger partial charge in [-0.2, -0.15) is 0 Å². The van der Waals surface area contributed by atoms with Crippen LogP contribution in [0.3, 0.4) is 0 Å². The minimum absolute atomic E-state index is 0.0613. The molecular weight excluding hydrogens is 416 g/mol. The molecular formula is C26H48N4O3. The van der Waals surface area contributed by atoms with Gasteiger partial charge in [-0.3, -0.25) is 0 Å². The van der Waals surface area contributed by atoms with Gasteiger partial charge >= 0.3 is 6.09 Å². The lowest BCUT2D eigenvalue weighted by Crippen LogP contribution is -2.52. The third kappa shape index (κ3) is 7.64. The Balaban J connectivity index is 0.00000101. The van der Waals surface area contributed by atoms with Crippen molar-refractivity contribution in [1.82, 2.24) is 20.2 Å². The van der Waals surface area contributed by atoms with Crippen LogP contribution in [0.4, 0.5) is 4.79 Å². The molecule has 5 atom stereocenters. The molecule has 190 valence electrons. The highest BCUT2D eigenvalue weighted by molar-refractivity contribution is 5.67. The van der Waals surface area contributed by atoms with Crippen LogP contribution in [0, 0.1) is 12.8 Å². The van der Waals surface area contributed by atoms with E-state index in [0.29, 0.717) is 12.5 Å².